The van der Waals surface area contributed by atoms with Gasteiger partial charge in [0.1, 0.15) is 5.82 Å². The fourth-order valence-electron chi connectivity index (χ4n) is 4.35. The first kappa shape index (κ1) is 16.2. The van der Waals surface area contributed by atoms with Crippen LogP contribution in [0.25, 0.3) is 5.69 Å². The zero-order chi connectivity index (χ0) is 18.4. The van der Waals surface area contributed by atoms with Gasteiger partial charge in [-0.15, -0.1) is 0 Å². The summed E-state index contributed by atoms with van der Waals surface area (Å²) in [4.78, 5) is 13.0. The Kier molecular flexibility index (Phi) is 3.81. The third-order valence-electron chi connectivity index (χ3n) is 5.65. The Hall–Kier alpha value is -2.95. The van der Waals surface area contributed by atoms with Crippen molar-refractivity contribution in [3.8, 4) is 5.69 Å². The van der Waals surface area contributed by atoms with Gasteiger partial charge in [-0.1, -0.05) is 24.3 Å². The van der Waals surface area contributed by atoms with Gasteiger partial charge in [0.15, 0.2) is 5.69 Å². The van der Waals surface area contributed by atoms with Crippen LogP contribution in [0.4, 0.5) is 4.39 Å². The molecule has 0 fully saturated rings. The summed E-state index contributed by atoms with van der Waals surface area (Å²) in [5.41, 5.74) is 5.92. The molecule has 27 heavy (non-hydrogen) atoms. The van der Waals surface area contributed by atoms with Crippen molar-refractivity contribution in [2.45, 2.75) is 38.1 Å². The number of hydrogen-bond donors (Lipinski definition) is 1. The number of benzene rings is 2. The van der Waals surface area contributed by atoms with E-state index in [0.717, 1.165) is 49.0 Å². The van der Waals surface area contributed by atoms with Crippen molar-refractivity contribution in [2.24, 2.45) is 0 Å². The molecule has 1 unspecified atom stereocenters. The van der Waals surface area contributed by atoms with Gasteiger partial charge in [0.2, 0.25) is 0 Å². The monoisotopic (exact) mass is 361 g/mol. The van der Waals surface area contributed by atoms with Crippen molar-refractivity contribution in [1.29, 1.82) is 0 Å². The van der Waals surface area contributed by atoms with Crippen molar-refractivity contribution in [3.63, 3.8) is 0 Å². The number of nitrogens with one attached hydrogen (secondary N) is 1. The fraction of sp³-hybridized carbons (Fsp3) is 0.273. The molecule has 2 aliphatic carbocycles. The van der Waals surface area contributed by atoms with Crippen LogP contribution in [0.15, 0.2) is 48.5 Å². The third-order valence-corrected chi connectivity index (χ3v) is 5.65. The summed E-state index contributed by atoms with van der Waals surface area (Å²) in [5.74, 6) is -0.392. The Balaban J connectivity index is 1.46. The molecule has 1 heterocycles. The molecular formula is C22H20FN3O. The first-order chi connectivity index (χ1) is 13.2. The summed E-state index contributed by atoms with van der Waals surface area (Å²) < 4.78 is 15.1. The molecule has 0 bridgehead atoms. The number of aryl methyl sites for hydroxylation is 1. The normalized spacial score (nSPS) is 17.6. The predicted molar refractivity (Wildman–Crippen MR) is 101 cm³/mol. The zero-order valence-electron chi connectivity index (χ0n) is 14.9. The molecule has 0 saturated heterocycles. The van der Waals surface area contributed by atoms with Crippen LogP contribution < -0.4 is 5.32 Å². The zero-order valence-corrected chi connectivity index (χ0v) is 14.9. The van der Waals surface area contributed by atoms with Gasteiger partial charge >= 0.3 is 0 Å². The van der Waals surface area contributed by atoms with E-state index in [-0.39, 0.29) is 17.8 Å². The maximum atomic E-state index is 13.3. The maximum Gasteiger partial charge on any atom is 0.272 e. The van der Waals surface area contributed by atoms with E-state index in [1.165, 1.54) is 23.3 Å². The first-order valence-corrected chi connectivity index (χ1v) is 9.46. The number of carbonyl (C=O) groups is 1. The van der Waals surface area contributed by atoms with Crippen LogP contribution in [0.3, 0.4) is 0 Å². The Morgan fingerprint density at radius 3 is 2.74 bits per heavy atom. The van der Waals surface area contributed by atoms with Crippen molar-refractivity contribution < 1.29 is 9.18 Å². The Labute approximate surface area is 157 Å². The molecule has 1 N–H and O–H groups in total. The van der Waals surface area contributed by atoms with Gasteiger partial charge < -0.3 is 5.32 Å². The van der Waals surface area contributed by atoms with E-state index in [0.29, 0.717) is 5.69 Å². The van der Waals surface area contributed by atoms with Gasteiger partial charge in [-0.2, -0.15) is 5.10 Å². The number of rotatable bonds is 3. The number of amides is 1. The van der Waals surface area contributed by atoms with Crippen molar-refractivity contribution >= 4 is 5.91 Å². The lowest BCUT2D eigenvalue weighted by Gasteiger charge is -2.13. The van der Waals surface area contributed by atoms with Gasteiger partial charge in [-0.05, 0) is 67.5 Å². The van der Waals surface area contributed by atoms with Crippen LogP contribution in [0, 0.1) is 5.82 Å². The molecule has 1 atom stereocenters. The van der Waals surface area contributed by atoms with Gasteiger partial charge in [-0.25, -0.2) is 9.07 Å². The first-order valence-electron chi connectivity index (χ1n) is 9.46. The molecule has 0 saturated carbocycles. The number of hydrogen-bond acceptors (Lipinski definition) is 2. The molecule has 1 amide bonds. The van der Waals surface area contributed by atoms with Crippen LogP contribution in [-0.2, 0) is 19.3 Å². The largest absolute Gasteiger partial charge is 0.344 e. The minimum atomic E-state index is -0.277. The summed E-state index contributed by atoms with van der Waals surface area (Å²) in [6, 6.07) is 14.6. The van der Waals surface area contributed by atoms with Crippen LogP contribution >= 0.6 is 0 Å². The minimum absolute atomic E-state index is 0.0433. The molecule has 0 aliphatic heterocycles. The highest BCUT2D eigenvalue weighted by atomic mass is 19.1. The van der Waals surface area contributed by atoms with Gasteiger partial charge in [-0.3, -0.25) is 4.79 Å². The van der Waals surface area contributed by atoms with E-state index < -0.39 is 0 Å². The van der Waals surface area contributed by atoms with Crippen molar-refractivity contribution in [1.82, 2.24) is 15.1 Å². The lowest BCUT2D eigenvalue weighted by molar-refractivity contribution is 0.0930. The molecule has 0 radical (unpaired) electrons. The average molecular weight is 361 g/mol. The Bertz CT molecular complexity index is 1020. The van der Waals surface area contributed by atoms with Crippen LogP contribution in [0.1, 0.15) is 51.8 Å². The van der Waals surface area contributed by atoms with Crippen LogP contribution in [0.2, 0.25) is 0 Å². The highest BCUT2D eigenvalue weighted by Gasteiger charge is 2.30. The van der Waals surface area contributed by atoms with E-state index >= 15 is 0 Å². The van der Waals surface area contributed by atoms with Crippen LogP contribution in [-0.4, -0.2) is 15.7 Å². The summed E-state index contributed by atoms with van der Waals surface area (Å²) in [5, 5.41) is 7.79. The summed E-state index contributed by atoms with van der Waals surface area (Å²) >= 11 is 0. The topological polar surface area (TPSA) is 46.9 Å². The number of nitrogens with zero attached hydrogens (tertiary/aromatic N) is 2. The lowest BCUT2D eigenvalue weighted by atomic mass is 10.1. The summed E-state index contributed by atoms with van der Waals surface area (Å²) in [6.07, 6.45) is 4.68. The summed E-state index contributed by atoms with van der Waals surface area (Å²) in [7, 11) is 0. The minimum Gasteiger partial charge on any atom is -0.344 e. The number of fused-ring (bicyclic) bond motifs is 2. The van der Waals surface area contributed by atoms with Crippen molar-refractivity contribution in [3.05, 3.63) is 82.4 Å². The molecule has 3 aromatic rings. The second kappa shape index (κ2) is 6.34. The van der Waals surface area contributed by atoms with Gasteiger partial charge in [0, 0.05) is 11.3 Å². The number of halogens is 1. The Morgan fingerprint density at radius 1 is 1.07 bits per heavy atom. The molecule has 0 spiro atoms. The summed E-state index contributed by atoms with van der Waals surface area (Å²) in [6.45, 7) is 0. The molecule has 4 nitrogen and oxygen atoms in total. The SMILES string of the molecule is O=C(NC1CCc2ccccc21)c1nn(-c2ccc(F)cc2)c2c1CCC2. The second-order valence-corrected chi connectivity index (χ2v) is 7.28. The smallest absolute Gasteiger partial charge is 0.272 e. The molecule has 5 heteroatoms. The maximum absolute atomic E-state index is 13.3. The highest BCUT2D eigenvalue weighted by Crippen LogP contribution is 2.32. The van der Waals surface area contributed by atoms with E-state index in [4.69, 9.17) is 0 Å². The number of carbonyl (C=O) groups excluding carboxylic acids is 1. The Morgan fingerprint density at radius 2 is 1.89 bits per heavy atom. The van der Waals surface area contributed by atoms with E-state index in [9.17, 15) is 9.18 Å². The fourth-order valence-corrected chi connectivity index (χ4v) is 4.35. The molecule has 1 aromatic heterocycles. The van der Waals surface area contributed by atoms with Gasteiger partial charge in [0.25, 0.3) is 5.91 Å². The van der Waals surface area contributed by atoms with Gasteiger partial charge in [0.05, 0.1) is 11.7 Å². The quantitative estimate of drug-likeness (QED) is 0.769. The third kappa shape index (κ3) is 2.74. The van der Waals surface area contributed by atoms with E-state index in [1.807, 2.05) is 12.1 Å². The van der Waals surface area contributed by atoms with Crippen molar-refractivity contribution in [2.75, 3.05) is 0 Å². The van der Waals surface area contributed by atoms with Crippen LogP contribution in [0.5, 0.6) is 0 Å². The lowest BCUT2D eigenvalue weighted by Crippen LogP contribution is -2.28. The number of aromatic nitrogens is 2. The standard InChI is InChI=1S/C22H20FN3O/c23-15-9-11-16(12-10-15)26-20-7-3-6-18(20)21(25-26)22(27)24-19-13-8-14-4-1-2-5-17(14)19/h1-2,4-5,9-12,19H,3,6-8,13H2,(H,24,27). The molecule has 136 valence electrons. The average Bonchev–Trinajstić information content (AvgIpc) is 3.38. The highest BCUT2D eigenvalue weighted by molar-refractivity contribution is 5.94. The molecular weight excluding hydrogens is 341 g/mol. The molecule has 2 aliphatic rings. The molecule has 2 aromatic carbocycles. The second-order valence-electron chi connectivity index (χ2n) is 7.28. The molecule has 5 rings (SSSR count). The van der Waals surface area contributed by atoms with E-state index in [1.54, 1.807) is 16.8 Å². The predicted octanol–water partition coefficient (Wildman–Crippen LogP) is 3.92. The van der Waals surface area contributed by atoms with E-state index in [2.05, 4.69) is 22.5 Å².